The highest BCUT2D eigenvalue weighted by molar-refractivity contribution is 7.09. The van der Waals surface area contributed by atoms with Crippen molar-refractivity contribution in [3.05, 3.63) is 57.8 Å². The fourth-order valence-electron chi connectivity index (χ4n) is 2.35. The lowest BCUT2D eigenvalue weighted by Crippen LogP contribution is -2.30. The molecular formula is C17H19NO3S. The first-order chi connectivity index (χ1) is 10.6. The quantitative estimate of drug-likeness (QED) is 0.823. The standard InChI is InChI=1S/C17H19NO3S/c1-12-5-2-3-7-14(12)15(11-17(20)21)18-16(19)9-8-13-6-4-10-22-13/h2-7,10,15H,8-9,11H2,1H3,(H,18,19)(H,20,21). The average Bonchev–Trinajstić information content (AvgIpc) is 2.98. The lowest BCUT2D eigenvalue weighted by Gasteiger charge is -2.19. The number of carbonyl (C=O) groups excluding carboxylic acids is 1. The van der Waals surface area contributed by atoms with Crippen molar-refractivity contribution in [1.82, 2.24) is 5.32 Å². The Balaban J connectivity index is 2.01. The van der Waals surface area contributed by atoms with E-state index >= 15 is 0 Å². The second-order valence-electron chi connectivity index (χ2n) is 5.15. The van der Waals surface area contributed by atoms with Crippen molar-refractivity contribution in [2.45, 2.75) is 32.2 Å². The lowest BCUT2D eigenvalue weighted by molar-refractivity contribution is -0.137. The van der Waals surface area contributed by atoms with Gasteiger partial charge in [-0.3, -0.25) is 9.59 Å². The molecule has 1 amide bonds. The van der Waals surface area contributed by atoms with E-state index in [0.717, 1.165) is 16.0 Å². The first kappa shape index (κ1) is 16.2. The van der Waals surface area contributed by atoms with E-state index in [1.54, 1.807) is 11.3 Å². The van der Waals surface area contributed by atoms with Crippen LogP contribution in [-0.2, 0) is 16.0 Å². The Hall–Kier alpha value is -2.14. The molecular weight excluding hydrogens is 298 g/mol. The Morgan fingerprint density at radius 1 is 1.23 bits per heavy atom. The number of rotatable bonds is 7. The molecule has 1 unspecified atom stereocenters. The summed E-state index contributed by atoms with van der Waals surface area (Å²) >= 11 is 1.62. The molecule has 1 heterocycles. The second-order valence-corrected chi connectivity index (χ2v) is 6.19. The zero-order valence-corrected chi connectivity index (χ0v) is 13.2. The zero-order chi connectivity index (χ0) is 15.9. The zero-order valence-electron chi connectivity index (χ0n) is 12.4. The summed E-state index contributed by atoms with van der Waals surface area (Å²) in [6, 6.07) is 11.0. The molecule has 0 spiro atoms. The molecule has 1 aromatic carbocycles. The van der Waals surface area contributed by atoms with Crippen molar-refractivity contribution in [1.29, 1.82) is 0 Å². The molecule has 2 rings (SSSR count). The van der Waals surface area contributed by atoms with Gasteiger partial charge in [0.25, 0.3) is 0 Å². The Morgan fingerprint density at radius 2 is 2.00 bits per heavy atom. The van der Waals surface area contributed by atoms with Gasteiger partial charge in [0.2, 0.25) is 5.91 Å². The fourth-order valence-corrected chi connectivity index (χ4v) is 3.06. The summed E-state index contributed by atoms with van der Waals surface area (Å²) < 4.78 is 0. The molecule has 0 aliphatic carbocycles. The smallest absolute Gasteiger partial charge is 0.305 e. The van der Waals surface area contributed by atoms with Crippen LogP contribution in [0.15, 0.2) is 41.8 Å². The largest absolute Gasteiger partial charge is 0.481 e. The molecule has 5 heteroatoms. The summed E-state index contributed by atoms with van der Waals surface area (Å²) in [6.07, 6.45) is 0.926. The maximum absolute atomic E-state index is 12.1. The van der Waals surface area contributed by atoms with Crippen molar-refractivity contribution in [2.24, 2.45) is 0 Å². The van der Waals surface area contributed by atoms with Crippen LogP contribution in [0.25, 0.3) is 0 Å². The number of carboxylic acid groups (broad SMARTS) is 1. The molecule has 4 nitrogen and oxygen atoms in total. The van der Waals surface area contributed by atoms with Gasteiger partial charge in [-0.25, -0.2) is 0 Å². The summed E-state index contributed by atoms with van der Waals surface area (Å²) in [5.74, 6) is -1.05. The van der Waals surface area contributed by atoms with Crippen LogP contribution in [0.1, 0.15) is 34.9 Å². The monoisotopic (exact) mass is 317 g/mol. The molecule has 1 aromatic heterocycles. The minimum atomic E-state index is -0.924. The van der Waals surface area contributed by atoms with E-state index in [4.69, 9.17) is 5.11 Å². The van der Waals surface area contributed by atoms with Gasteiger partial charge in [-0.05, 0) is 35.9 Å². The van der Waals surface area contributed by atoms with Crippen LogP contribution < -0.4 is 5.32 Å². The molecule has 0 saturated carbocycles. The van der Waals surface area contributed by atoms with Crippen molar-refractivity contribution >= 4 is 23.2 Å². The number of aliphatic carboxylic acids is 1. The van der Waals surface area contributed by atoms with Crippen LogP contribution >= 0.6 is 11.3 Å². The highest BCUT2D eigenvalue weighted by Gasteiger charge is 2.19. The van der Waals surface area contributed by atoms with Gasteiger partial charge < -0.3 is 10.4 Å². The van der Waals surface area contributed by atoms with Gasteiger partial charge in [0.1, 0.15) is 0 Å². The van der Waals surface area contributed by atoms with Gasteiger partial charge in [0.15, 0.2) is 0 Å². The van der Waals surface area contributed by atoms with E-state index in [1.165, 1.54) is 0 Å². The van der Waals surface area contributed by atoms with Crippen LogP contribution in [-0.4, -0.2) is 17.0 Å². The lowest BCUT2D eigenvalue weighted by atomic mass is 9.98. The van der Waals surface area contributed by atoms with Gasteiger partial charge in [0, 0.05) is 11.3 Å². The number of nitrogens with one attached hydrogen (secondary N) is 1. The number of carboxylic acids is 1. The van der Waals surface area contributed by atoms with Gasteiger partial charge >= 0.3 is 5.97 Å². The van der Waals surface area contributed by atoms with Crippen molar-refractivity contribution in [2.75, 3.05) is 0 Å². The second kappa shape index (κ2) is 7.75. The Morgan fingerprint density at radius 3 is 2.64 bits per heavy atom. The third-order valence-electron chi connectivity index (χ3n) is 3.46. The van der Waals surface area contributed by atoms with Crippen LogP contribution in [0.5, 0.6) is 0 Å². The first-order valence-electron chi connectivity index (χ1n) is 7.15. The topological polar surface area (TPSA) is 66.4 Å². The van der Waals surface area contributed by atoms with Gasteiger partial charge in [-0.2, -0.15) is 0 Å². The van der Waals surface area contributed by atoms with E-state index in [2.05, 4.69) is 5.32 Å². The maximum atomic E-state index is 12.1. The van der Waals surface area contributed by atoms with Crippen molar-refractivity contribution in [3.63, 3.8) is 0 Å². The Bertz CT molecular complexity index is 637. The number of hydrogen-bond donors (Lipinski definition) is 2. The predicted molar refractivity (Wildman–Crippen MR) is 87.0 cm³/mol. The molecule has 2 N–H and O–H groups in total. The molecule has 22 heavy (non-hydrogen) atoms. The van der Waals surface area contributed by atoms with Gasteiger partial charge in [-0.15, -0.1) is 11.3 Å². The van der Waals surface area contributed by atoms with Crippen molar-refractivity contribution in [3.8, 4) is 0 Å². The first-order valence-corrected chi connectivity index (χ1v) is 8.03. The SMILES string of the molecule is Cc1ccccc1C(CC(=O)O)NC(=O)CCc1cccs1. The van der Waals surface area contributed by atoms with Crippen LogP contribution in [0.2, 0.25) is 0 Å². The average molecular weight is 317 g/mol. The molecule has 0 radical (unpaired) electrons. The number of hydrogen-bond acceptors (Lipinski definition) is 3. The minimum Gasteiger partial charge on any atom is -0.481 e. The van der Waals surface area contributed by atoms with Crippen LogP contribution in [0, 0.1) is 6.92 Å². The third kappa shape index (κ3) is 4.70. The van der Waals surface area contributed by atoms with E-state index in [9.17, 15) is 9.59 Å². The molecule has 0 aliphatic heterocycles. The van der Waals surface area contributed by atoms with Crippen LogP contribution in [0.3, 0.4) is 0 Å². The minimum absolute atomic E-state index is 0.115. The number of aryl methyl sites for hydroxylation is 2. The Labute approximate surface area is 133 Å². The molecule has 2 aromatic rings. The third-order valence-corrected chi connectivity index (χ3v) is 4.39. The molecule has 0 fully saturated rings. The van der Waals surface area contributed by atoms with Gasteiger partial charge in [-0.1, -0.05) is 30.3 Å². The summed E-state index contributed by atoms with van der Waals surface area (Å²) in [5, 5.41) is 13.9. The highest BCUT2D eigenvalue weighted by atomic mass is 32.1. The van der Waals surface area contributed by atoms with Crippen LogP contribution in [0.4, 0.5) is 0 Å². The van der Waals surface area contributed by atoms with E-state index < -0.39 is 12.0 Å². The molecule has 0 aliphatic rings. The number of benzene rings is 1. The number of thiophene rings is 1. The summed E-state index contributed by atoms with van der Waals surface area (Å²) in [4.78, 5) is 24.3. The van der Waals surface area contributed by atoms with E-state index in [-0.39, 0.29) is 12.3 Å². The summed E-state index contributed by atoms with van der Waals surface area (Å²) in [5.41, 5.74) is 1.83. The molecule has 0 bridgehead atoms. The Kier molecular flexibility index (Phi) is 5.72. The van der Waals surface area contributed by atoms with E-state index in [0.29, 0.717) is 12.8 Å². The molecule has 116 valence electrons. The van der Waals surface area contributed by atoms with E-state index in [1.807, 2.05) is 48.7 Å². The number of carbonyl (C=O) groups is 2. The van der Waals surface area contributed by atoms with Crippen molar-refractivity contribution < 1.29 is 14.7 Å². The summed E-state index contributed by atoms with van der Waals surface area (Å²) in [6.45, 7) is 1.92. The highest BCUT2D eigenvalue weighted by Crippen LogP contribution is 2.21. The molecule has 0 saturated heterocycles. The summed E-state index contributed by atoms with van der Waals surface area (Å²) in [7, 11) is 0. The normalized spacial score (nSPS) is 11.9. The molecule has 1 atom stereocenters. The number of amides is 1. The predicted octanol–water partition coefficient (Wildman–Crippen LogP) is 3.32. The van der Waals surface area contributed by atoms with Gasteiger partial charge in [0.05, 0.1) is 12.5 Å². The maximum Gasteiger partial charge on any atom is 0.305 e. The fraction of sp³-hybridized carbons (Fsp3) is 0.294.